The first-order valence-corrected chi connectivity index (χ1v) is 6.95. The monoisotopic (exact) mass is 264 g/mol. The van der Waals surface area contributed by atoms with Crippen LogP contribution < -0.4 is 20.1 Å². The second kappa shape index (κ2) is 6.26. The van der Waals surface area contributed by atoms with Crippen LogP contribution in [0.1, 0.15) is 26.3 Å². The molecule has 0 bridgehead atoms. The van der Waals surface area contributed by atoms with E-state index in [9.17, 15) is 0 Å². The van der Waals surface area contributed by atoms with E-state index in [0.717, 1.165) is 37.7 Å². The zero-order valence-corrected chi connectivity index (χ0v) is 12.1. The molecular formula is C15H24N2O2. The first kappa shape index (κ1) is 14.2. The molecule has 4 heteroatoms. The highest BCUT2D eigenvalue weighted by Crippen LogP contribution is 2.36. The van der Waals surface area contributed by atoms with Crippen LogP contribution in [0.5, 0.6) is 11.5 Å². The van der Waals surface area contributed by atoms with E-state index >= 15 is 0 Å². The Morgan fingerprint density at radius 3 is 2.63 bits per heavy atom. The molecule has 4 nitrogen and oxygen atoms in total. The minimum Gasteiger partial charge on any atom is -0.454 e. The summed E-state index contributed by atoms with van der Waals surface area (Å²) in [6.45, 7) is 10.9. The Balaban J connectivity index is 1.91. The molecule has 0 saturated heterocycles. The smallest absolute Gasteiger partial charge is 0.231 e. The molecule has 0 aliphatic carbocycles. The molecule has 0 spiro atoms. The molecule has 2 N–H and O–H groups in total. The number of rotatable bonds is 7. The quantitative estimate of drug-likeness (QED) is 0.738. The van der Waals surface area contributed by atoms with E-state index in [1.165, 1.54) is 5.56 Å². The molecule has 106 valence electrons. The van der Waals surface area contributed by atoms with Gasteiger partial charge in [-0.2, -0.15) is 0 Å². The van der Waals surface area contributed by atoms with Crippen LogP contribution in [0.3, 0.4) is 0 Å². The fraction of sp³-hybridized carbons (Fsp3) is 0.600. The standard InChI is InChI=1S/C15H24N2O2/c1-4-16-7-8-17-10-15(2,3)12-5-6-13-14(9-12)19-11-18-13/h5-6,9,16-17H,4,7-8,10-11H2,1-3H3. The minimum absolute atomic E-state index is 0.0766. The van der Waals surface area contributed by atoms with Gasteiger partial charge in [0.05, 0.1) is 0 Å². The van der Waals surface area contributed by atoms with Crippen LogP contribution >= 0.6 is 0 Å². The van der Waals surface area contributed by atoms with Crippen molar-refractivity contribution < 1.29 is 9.47 Å². The minimum atomic E-state index is 0.0766. The number of hydrogen-bond acceptors (Lipinski definition) is 4. The maximum atomic E-state index is 5.44. The molecule has 0 amide bonds. The lowest BCUT2D eigenvalue weighted by Crippen LogP contribution is -2.36. The lowest BCUT2D eigenvalue weighted by atomic mass is 9.84. The number of fused-ring (bicyclic) bond motifs is 1. The van der Waals surface area contributed by atoms with Gasteiger partial charge in [-0.1, -0.05) is 26.8 Å². The van der Waals surface area contributed by atoms with Gasteiger partial charge in [-0.15, -0.1) is 0 Å². The van der Waals surface area contributed by atoms with E-state index in [4.69, 9.17) is 9.47 Å². The van der Waals surface area contributed by atoms with Crippen LogP contribution in [-0.4, -0.2) is 33.0 Å². The SMILES string of the molecule is CCNCCNCC(C)(C)c1ccc2c(c1)OCO2. The Bertz CT molecular complexity index is 419. The van der Waals surface area contributed by atoms with Gasteiger partial charge in [0.25, 0.3) is 0 Å². The molecule has 0 radical (unpaired) electrons. The van der Waals surface area contributed by atoms with Gasteiger partial charge in [0.15, 0.2) is 11.5 Å². The summed E-state index contributed by atoms with van der Waals surface area (Å²) in [6.07, 6.45) is 0. The van der Waals surface area contributed by atoms with Crippen LogP contribution in [0.25, 0.3) is 0 Å². The highest BCUT2D eigenvalue weighted by atomic mass is 16.7. The molecule has 1 aromatic rings. The molecule has 2 rings (SSSR count). The van der Waals surface area contributed by atoms with Crippen molar-refractivity contribution in [3.63, 3.8) is 0 Å². The molecule has 1 aliphatic rings. The molecule has 19 heavy (non-hydrogen) atoms. The highest BCUT2D eigenvalue weighted by molar-refractivity contribution is 5.46. The van der Waals surface area contributed by atoms with Crippen LogP contribution in [-0.2, 0) is 5.41 Å². The zero-order chi connectivity index (χ0) is 13.7. The van der Waals surface area contributed by atoms with Crippen molar-refractivity contribution in [2.24, 2.45) is 0 Å². The largest absolute Gasteiger partial charge is 0.454 e. The predicted octanol–water partition coefficient (Wildman–Crippen LogP) is 1.89. The van der Waals surface area contributed by atoms with E-state index < -0.39 is 0 Å². The normalized spacial score (nSPS) is 13.8. The molecule has 0 atom stereocenters. The third-order valence-corrected chi connectivity index (χ3v) is 3.45. The Labute approximate surface area is 115 Å². The fourth-order valence-corrected chi connectivity index (χ4v) is 2.17. The van der Waals surface area contributed by atoms with Gasteiger partial charge in [0.1, 0.15) is 0 Å². The summed E-state index contributed by atoms with van der Waals surface area (Å²) in [6, 6.07) is 6.21. The van der Waals surface area contributed by atoms with Crippen LogP contribution in [0.4, 0.5) is 0 Å². The van der Waals surface area contributed by atoms with Gasteiger partial charge in [0, 0.05) is 25.0 Å². The van der Waals surface area contributed by atoms with Crippen molar-refractivity contribution in [1.82, 2.24) is 10.6 Å². The zero-order valence-electron chi connectivity index (χ0n) is 12.1. The molecule has 1 heterocycles. The third kappa shape index (κ3) is 3.61. The van der Waals surface area contributed by atoms with Gasteiger partial charge in [-0.3, -0.25) is 0 Å². The maximum absolute atomic E-state index is 5.44. The van der Waals surface area contributed by atoms with Crippen molar-refractivity contribution in [1.29, 1.82) is 0 Å². The van der Waals surface area contributed by atoms with Gasteiger partial charge < -0.3 is 20.1 Å². The van der Waals surface area contributed by atoms with Crippen LogP contribution in [0.15, 0.2) is 18.2 Å². The summed E-state index contributed by atoms with van der Waals surface area (Å²) in [5.41, 5.74) is 1.35. The third-order valence-electron chi connectivity index (χ3n) is 3.45. The summed E-state index contributed by atoms with van der Waals surface area (Å²) in [7, 11) is 0. The summed E-state index contributed by atoms with van der Waals surface area (Å²) in [4.78, 5) is 0. The van der Waals surface area contributed by atoms with Crippen molar-refractivity contribution in [2.45, 2.75) is 26.2 Å². The van der Waals surface area contributed by atoms with Crippen LogP contribution in [0, 0.1) is 0 Å². The molecule has 1 aromatic carbocycles. The van der Waals surface area contributed by atoms with Gasteiger partial charge >= 0.3 is 0 Å². The molecule has 0 fully saturated rings. The topological polar surface area (TPSA) is 42.5 Å². The molecule has 1 aliphatic heterocycles. The Hall–Kier alpha value is -1.26. The number of nitrogens with one attached hydrogen (secondary N) is 2. The van der Waals surface area contributed by atoms with Crippen molar-refractivity contribution in [3.8, 4) is 11.5 Å². The Morgan fingerprint density at radius 1 is 1.11 bits per heavy atom. The summed E-state index contributed by atoms with van der Waals surface area (Å²) in [5.74, 6) is 1.71. The maximum Gasteiger partial charge on any atom is 0.231 e. The van der Waals surface area contributed by atoms with Crippen molar-refractivity contribution in [3.05, 3.63) is 23.8 Å². The number of benzene rings is 1. The predicted molar refractivity (Wildman–Crippen MR) is 77.0 cm³/mol. The number of likely N-dealkylation sites (N-methyl/N-ethyl adjacent to an activating group) is 1. The second-order valence-corrected chi connectivity index (χ2v) is 5.48. The Kier molecular flexibility index (Phi) is 4.66. The molecular weight excluding hydrogens is 240 g/mol. The van der Waals surface area contributed by atoms with E-state index in [0.29, 0.717) is 6.79 Å². The van der Waals surface area contributed by atoms with Crippen LogP contribution in [0.2, 0.25) is 0 Å². The van der Waals surface area contributed by atoms with Gasteiger partial charge in [-0.25, -0.2) is 0 Å². The van der Waals surface area contributed by atoms with Gasteiger partial charge in [0.2, 0.25) is 6.79 Å². The average Bonchev–Trinajstić information content (AvgIpc) is 2.85. The lowest BCUT2D eigenvalue weighted by Gasteiger charge is -2.26. The molecule has 0 saturated carbocycles. The summed E-state index contributed by atoms with van der Waals surface area (Å²) < 4.78 is 10.8. The summed E-state index contributed by atoms with van der Waals surface area (Å²) in [5, 5.41) is 6.80. The van der Waals surface area contributed by atoms with Gasteiger partial charge in [-0.05, 0) is 24.2 Å². The second-order valence-electron chi connectivity index (χ2n) is 5.48. The highest BCUT2D eigenvalue weighted by Gasteiger charge is 2.23. The molecule has 0 aromatic heterocycles. The van der Waals surface area contributed by atoms with E-state index in [2.05, 4.69) is 43.5 Å². The van der Waals surface area contributed by atoms with E-state index in [1.54, 1.807) is 0 Å². The fourth-order valence-electron chi connectivity index (χ4n) is 2.17. The van der Waals surface area contributed by atoms with E-state index in [1.807, 2.05) is 6.07 Å². The van der Waals surface area contributed by atoms with Crippen molar-refractivity contribution in [2.75, 3.05) is 33.0 Å². The lowest BCUT2D eigenvalue weighted by molar-refractivity contribution is 0.174. The number of hydrogen-bond donors (Lipinski definition) is 2. The number of ether oxygens (including phenoxy) is 2. The summed E-state index contributed by atoms with van der Waals surface area (Å²) >= 11 is 0. The first-order chi connectivity index (χ1) is 9.13. The van der Waals surface area contributed by atoms with Crippen molar-refractivity contribution >= 4 is 0 Å². The first-order valence-electron chi connectivity index (χ1n) is 6.95. The van der Waals surface area contributed by atoms with E-state index in [-0.39, 0.29) is 5.41 Å². The average molecular weight is 264 g/mol. The Morgan fingerprint density at radius 2 is 1.84 bits per heavy atom. The molecule has 0 unspecified atom stereocenters.